The van der Waals surface area contributed by atoms with E-state index in [-0.39, 0.29) is 0 Å². The Morgan fingerprint density at radius 3 is 2.52 bits per heavy atom. The van der Waals surface area contributed by atoms with Crippen molar-refractivity contribution in [2.45, 2.75) is 38.5 Å². The number of benzene rings is 1. The van der Waals surface area contributed by atoms with Crippen LogP contribution in [0.2, 0.25) is 5.02 Å². The Morgan fingerprint density at radius 1 is 1.24 bits per heavy atom. The second-order valence-corrected chi connectivity index (χ2v) is 6.67. The van der Waals surface area contributed by atoms with Crippen molar-refractivity contribution in [2.24, 2.45) is 13.0 Å². The third kappa shape index (κ3) is 2.80. The average molecular weight is 304 g/mol. The number of halogens is 1. The maximum absolute atomic E-state index is 6.54. The number of hydrogen-bond acceptors (Lipinski definition) is 2. The van der Waals surface area contributed by atoms with E-state index in [1.165, 1.54) is 31.2 Å². The van der Waals surface area contributed by atoms with Crippen LogP contribution in [0.15, 0.2) is 24.4 Å². The second-order valence-electron chi connectivity index (χ2n) is 6.26. The molecule has 0 bridgehead atoms. The minimum atomic E-state index is 0.606. The number of nitrogens with two attached hydrogens (primary N) is 1. The molecule has 21 heavy (non-hydrogen) atoms. The largest absolute Gasteiger partial charge is 0.383 e. The van der Waals surface area contributed by atoms with Crippen molar-refractivity contribution >= 4 is 17.4 Å². The van der Waals surface area contributed by atoms with E-state index in [2.05, 4.69) is 24.2 Å². The van der Waals surface area contributed by atoms with E-state index in [4.69, 9.17) is 17.3 Å². The summed E-state index contributed by atoms with van der Waals surface area (Å²) in [6.45, 7) is 2.34. The van der Waals surface area contributed by atoms with Crippen molar-refractivity contribution in [2.75, 3.05) is 5.73 Å². The lowest BCUT2D eigenvalue weighted by atomic mass is 9.79. The van der Waals surface area contributed by atoms with Crippen molar-refractivity contribution in [3.63, 3.8) is 0 Å². The number of anilines is 1. The molecule has 3 nitrogen and oxygen atoms in total. The first-order valence-electron chi connectivity index (χ1n) is 7.63. The summed E-state index contributed by atoms with van der Waals surface area (Å²) in [6.07, 6.45) is 6.89. The molecule has 4 heteroatoms. The highest BCUT2D eigenvalue weighted by molar-refractivity contribution is 6.31. The van der Waals surface area contributed by atoms with Crippen LogP contribution in [0.25, 0.3) is 11.1 Å². The van der Waals surface area contributed by atoms with E-state index in [1.54, 1.807) is 10.9 Å². The lowest BCUT2D eigenvalue weighted by Gasteiger charge is -2.27. The van der Waals surface area contributed by atoms with Gasteiger partial charge in [-0.25, -0.2) is 0 Å². The average Bonchev–Trinajstić information content (AvgIpc) is 2.80. The maximum Gasteiger partial charge on any atom is 0.129 e. The van der Waals surface area contributed by atoms with E-state index in [9.17, 15) is 0 Å². The van der Waals surface area contributed by atoms with Gasteiger partial charge in [0.25, 0.3) is 0 Å². The maximum atomic E-state index is 6.54. The van der Waals surface area contributed by atoms with E-state index in [0.717, 1.165) is 22.1 Å². The van der Waals surface area contributed by atoms with Gasteiger partial charge in [0.15, 0.2) is 0 Å². The molecule has 0 saturated heterocycles. The Labute approximate surface area is 131 Å². The Balaban J connectivity index is 1.88. The highest BCUT2D eigenvalue weighted by atomic mass is 35.5. The fraction of sp³-hybridized carbons (Fsp3) is 0.471. The van der Waals surface area contributed by atoms with Crippen molar-refractivity contribution in [1.82, 2.24) is 9.78 Å². The molecular formula is C17H22ClN3. The molecule has 1 fully saturated rings. The van der Waals surface area contributed by atoms with E-state index in [1.807, 2.05) is 13.1 Å². The predicted octanol–water partition coefficient (Wildman–Crippen LogP) is 4.62. The van der Waals surface area contributed by atoms with Gasteiger partial charge >= 0.3 is 0 Å². The normalized spacial score (nSPS) is 22.4. The summed E-state index contributed by atoms with van der Waals surface area (Å²) in [6, 6.07) is 6.32. The molecule has 0 amide bonds. The topological polar surface area (TPSA) is 43.8 Å². The van der Waals surface area contributed by atoms with Crippen LogP contribution in [0.3, 0.4) is 0 Å². The Bertz CT molecular complexity index is 639. The Hall–Kier alpha value is -1.48. The quantitative estimate of drug-likeness (QED) is 0.880. The predicted molar refractivity (Wildman–Crippen MR) is 88.4 cm³/mol. The zero-order valence-electron chi connectivity index (χ0n) is 12.6. The van der Waals surface area contributed by atoms with Gasteiger partial charge in [-0.05, 0) is 41.9 Å². The molecule has 0 atom stereocenters. The lowest BCUT2D eigenvalue weighted by Crippen LogP contribution is -2.11. The number of aryl methyl sites for hydroxylation is 1. The molecule has 3 rings (SSSR count). The van der Waals surface area contributed by atoms with Crippen LogP contribution >= 0.6 is 11.6 Å². The van der Waals surface area contributed by atoms with Crippen LogP contribution in [0, 0.1) is 5.92 Å². The monoisotopic (exact) mass is 303 g/mol. The number of nitrogens with zero attached hydrogens (tertiary/aromatic N) is 2. The fourth-order valence-electron chi connectivity index (χ4n) is 3.27. The first-order chi connectivity index (χ1) is 10.1. The molecule has 2 N–H and O–H groups in total. The van der Waals surface area contributed by atoms with Gasteiger partial charge in [-0.3, -0.25) is 4.68 Å². The van der Waals surface area contributed by atoms with Crippen LogP contribution in [-0.2, 0) is 7.05 Å². The first-order valence-corrected chi connectivity index (χ1v) is 8.01. The van der Waals surface area contributed by atoms with Crippen LogP contribution in [0.4, 0.5) is 5.82 Å². The Morgan fingerprint density at radius 2 is 1.95 bits per heavy atom. The second kappa shape index (κ2) is 5.72. The molecule has 0 radical (unpaired) electrons. The van der Waals surface area contributed by atoms with E-state index in [0.29, 0.717) is 11.7 Å². The summed E-state index contributed by atoms with van der Waals surface area (Å²) in [5.41, 5.74) is 9.31. The van der Waals surface area contributed by atoms with Gasteiger partial charge in [0.05, 0.1) is 6.20 Å². The standard InChI is InChI=1S/C17H22ClN3/c1-11-3-5-12(6-4-11)14-8-7-13(9-16(14)18)15-10-20-21(2)17(15)19/h7-12H,3-6,19H2,1-2H3. The summed E-state index contributed by atoms with van der Waals surface area (Å²) in [5, 5.41) is 5.05. The molecule has 1 aromatic heterocycles. The molecule has 1 heterocycles. The third-order valence-corrected chi connectivity index (χ3v) is 5.08. The SMILES string of the molecule is CC1CCC(c2ccc(-c3cnn(C)c3N)cc2Cl)CC1. The summed E-state index contributed by atoms with van der Waals surface area (Å²) in [7, 11) is 1.85. The van der Waals surface area contributed by atoms with Crippen molar-refractivity contribution in [1.29, 1.82) is 0 Å². The van der Waals surface area contributed by atoms with Crippen molar-refractivity contribution in [3.8, 4) is 11.1 Å². The molecule has 0 aliphatic heterocycles. The molecular weight excluding hydrogens is 282 g/mol. The zero-order chi connectivity index (χ0) is 15.0. The smallest absolute Gasteiger partial charge is 0.129 e. The number of hydrogen-bond donors (Lipinski definition) is 1. The van der Waals surface area contributed by atoms with E-state index >= 15 is 0 Å². The summed E-state index contributed by atoms with van der Waals surface area (Å²) < 4.78 is 1.68. The van der Waals surface area contributed by atoms with Gasteiger partial charge in [0.1, 0.15) is 5.82 Å². The molecule has 0 spiro atoms. The summed E-state index contributed by atoms with van der Waals surface area (Å²) >= 11 is 6.54. The van der Waals surface area contributed by atoms with Crippen LogP contribution in [0.5, 0.6) is 0 Å². The highest BCUT2D eigenvalue weighted by Gasteiger charge is 2.22. The van der Waals surface area contributed by atoms with Gasteiger partial charge in [-0.2, -0.15) is 5.10 Å². The minimum absolute atomic E-state index is 0.606. The number of rotatable bonds is 2. The molecule has 2 aromatic rings. The molecule has 1 aliphatic rings. The molecule has 1 aliphatic carbocycles. The van der Waals surface area contributed by atoms with E-state index < -0.39 is 0 Å². The van der Waals surface area contributed by atoms with Crippen molar-refractivity contribution in [3.05, 3.63) is 35.0 Å². The third-order valence-electron chi connectivity index (χ3n) is 4.75. The molecule has 1 saturated carbocycles. The zero-order valence-corrected chi connectivity index (χ0v) is 13.4. The fourth-order valence-corrected chi connectivity index (χ4v) is 3.60. The molecule has 1 aromatic carbocycles. The van der Waals surface area contributed by atoms with Gasteiger partial charge in [-0.15, -0.1) is 0 Å². The summed E-state index contributed by atoms with van der Waals surface area (Å²) in [5.74, 6) is 2.13. The molecule has 0 unspecified atom stereocenters. The van der Waals surface area contributed by atoms with Gasteiger partial charge < -0.3 is 5.73 Å². The number of aromatic nitrogens is 2. The van der Waals surface area contributed by atoms with Gasteiger partial charge in [-0.1, -0.05) is 43.5 Å². The Kier molecular flexibility index (Phi) is 3.94. The van der Waals surface area contributed by atoms with Gasteiger partial charge in [0, 0.05) is 17.6 Å². The highest BCUT2D eigenvalue weighted by Crippen LogP contribution is 2.40. The first kappa shape index (κ1) is 14.5. The van der Waals surface area contributed by atoms with Crippen LogP contribution in [0.1, 0.15) is 44.1 Å². The molecule has 112 valence electrons. The number of nitrogen functional groups attached to an aromatic ring is 1. The summed E-state index contributed by atoms with van der Waals surface area (Å²) in [4.78, 5) is 0. The van der Waals surface area contributed by atoms with Gasteiger partial charge in [0.2, 0.25) is 0 Å². The van der Waals surface area contributed by atoms with Crippen molar-refractivity contribution < 1.29 is 0 Å². The van der Waals surface area contributed by atoms with Crippen LogP contribution < -0.4 is 5.73 Å². The van der Waals surface area contributed by atoms with Crippen LogP contribution in [-0.4, -0.2) is 9.78 Å². The lowest BCUT2D eigenvalue weighted by molar-refractivity contribution is 0.348. The minimum Gasteiger partial charge on any atom is -0.383 e.